The zero-order valence-electron chi connectivity index (χ0n) is 26.7. The Morgan fingerprint density at radius 2 is 1.74 bits per heavy atom. The van der Waals surface area contributed by atoms with E-state index in [9.17, 15) is 14.4 Å². The molecule has 4 rings (SSSR count). The summed E-state index contributed by atoms with van der Waals surface area (Å²) in [5, 5.41) is 4.32. The van der Waals surface area contributed by atoms with Crippen LogP contribution in [0.25, 0.3) is 10.9 Å². The largest absolute Gasteiger partial charge is 0.466 e. The average molecular weight is 627 g/mol. The third kappa shape index (κ3) is 9.16. The van der Waals surface area contributed by atoms with Gasteiger partial charge in [-0.1, -0.05) is 32.3 Å². The van der Waals surface area contributed by atoms with Gasteiger partial charge in [0.15, 0.2) is 0 Å². The minimum Gasteiger partial charge on any atom is -0.466 e. The van der Waals surface area contributed by atoms with Gasteiger partial charge in [0.1, 0.15) is 11.7 Å². The second kappa shape index (κ2) is 16.8. The van der Waals surface area contributed by atoms with Crippen LogP contribution in [0, 0.1) is 0 Å². The van der Waals surface area contributed by atoms with Crippen molar-refractivity contribution in [3.05, 3.63) is 89.7 Å². The standard InChI is InChI=1S/C35H42N6O5/c1-4-6-7-10-21-46-35(44)39-33(36)25-12-15-28(16-13-25)38-24-29-23-27-22-26(14-17-30(27)40(29)3)34(43)41(20-18-32(42)45-5-2)31-11-8-9-19-37-31/h8-9,11-17,19,22-23,38H,4-7,10,18,20-21,24H2,1-3H3,(H2,36,39,44). The van der Waals surface area contributed by atoms with Crippen LogP contribution in [0.2, 0.25) is 0 Å². The molecule has 0 radical (unpaired) electrons. The molecule has 0 spiro atoms. The molecule has 3 N–H and O–H groups in total. The Hall–Kier alpha value is -5.19. The van der Waals surface area contributed by atoms with Crippen LogP contribution in [0.15, 0.2) is 77.9 Å². The number of amidine groups is 1. The number of carbonyl (C=O) groups excluding carboxylic acids is 3. The zero-order valence-corrected chi connectivity index (χ0v) is 26.7. The smallest absolute Gasteiger partial charge is 0.435 e. The molecule has 11 heteroatoms. The van der Waals surface area contributed by atoms with Crippen molar-refractivity contribution in [3.8, 4) is 0 Å². The van der Waals surface area contributed by atoms with Crippen LogP contribution in [0.1, 0.15) is 67.6 Å². The molecule has 0 bridgehead atoms. The first kappa shape index (κ1) is 33.7. The van der Waals surface area contributed by atoms with Gasteiger partial charge in [-0.25, -0.2) is 9.78 Å². The fourth-order valence-electron chi connectivity index (χ4n) is 4.97. The van der Waals surface area contributed by atoms with Crippen molar-refractivity contribution in [2.24, 2.45) is 17.8 Å². The van der Waals surface area contributed by atoms with E-state index in [1.165, 1.54) is 4.90 Å². The van der Waals surface area contributed by atoms with Gasteiger partial charge in [-0.3, -0.25) is 14.5 Å². The van der Waals surface area contributed by atoms with Gasteiger partial charge in [0.25, 0.3) is 5.91 Å². The number of nitrogens with two attached hydrogens (primary N) is 1. The highest BCUT2D eigenvalue weighted by atomic mass is 16.5. The van der Waals surface area contributed by atoms with Gasteiger partial charge in [-0.2, -0.15) is 4.99 Å². The number of ether oxygens (including phenoxy) is 2. The lowest BCUT2D eigenvalue weighted by Gasteiger charge is -2.21. The van der Waals surface area contributed by atoms with Gasteiger partial charge < -0.3 is 25.1 Å². The van der Waals surface area contributed by atoms with Gasteiger partial charge in [0, 0.05) is 53.2 Å². The summed E-state index contributed by atoms with van der Waals surface area (Å²) in [4.78, 5) is 47.4. The molecule has 0 saturated carbocycles. The lowest BCUT2D eigenvalue weighted by atomic mass is 10.1. The molecule has 0 aliphatic carbocycles. The SMILES string of the molecule is CCCCCCOC(=O)N=C(N)c1ccc(NCc2cc3cc(C(=O)N(CCC(=O)OCC)c4ccccn4)ccc3n2C)cc1. The summed E-state index contributed by atoms with van der Waals surface area (Å²) in [5.74, 6) is -0.0545. The first-order valence-corrected chi connectivity index (χ1v) is 15.6. The van der Waals surface area contributed by atoms with Crippen LogP contribution in [0.3, 0.4) is 0 Å². The van der Waals surface area contributed by atoms with E-state index < -0.39 is 6.09 Å². The summed E-state index contributed by atoms with van der Waals surface area (Å²) in [6.45, 7) is 5.17. The molecule has 0 saturated heterocycles. The van der Waals surface area contributed by atoms with Crippen LogP contribution < -0.4 is 16.0 Å². The van der Waals surface area contributed by atoms with Crippen LogP contribution in [0.5, 0.6) is 0 Å². The summed E-state index contributed by atoms with van der Waals surface area (Å²) in [6, 6.07) is 20.2. The number of carbonyl (C=O) groups is 3. The summed E-state index contributed by atoms with van der Waals surface area (Å²) >= 11 is 0. The highest BCUT2D eigenvalue weighted by Crippen LogP contribution is 2.24. The maximum absolute atomic E-state index is 13.6. The molecule has 242 valence electrons. The number of benzene rings is 2. The predicted octanol–water partition coefficient (Wildman–Crippen LogP) is 6.21. The van der Waals surface area contributed by atoms with Crippen LogP contribution >= 0.6 is 0 Å². The van der Waals surface area contributed by atoms with Crippen molar-refractivity contribution in [2.45, 2.75) is 52.5 Å². The Morgan fingerprint density at radius 1 is 0.957 bits per heavy atom. The lowest BCUT2D eigenvalue weighted by Crippen LogP contribution is -2.34. The van der Waals surface area contributed by atoms with Crippen molar-refractivity contribution < 1.29 is 23.9 Å². The second-order valence-corrected chi connectivity index (χ2v) is 10.8. The monoisotopic (exact) mass is 626 g/mol. The molecule has 11 nitrogen and oxygen atoms in total. The maximum Gasteiger partial charge on any atom is 0.435 e. The number of nitrogens with one attached hydrogen (secondary N) is 1. The van der Waals surface area contributed by atoms with Crippen molar-refractivity contribution in [1.82, 2.24) is 9.55 Å². The van der Waals surface area contributed by atoms with E-state index >= 15 is 0 Å². The van der Waals surface area contributed by atoms with E-state index in [4.69, 9.17) is 15.2 Å². The molecule has 0 aliphatic heterocycles. The van der Waals surface area contributed by atoms with Gasteiger partial charge in [-0.15, -0.1) is 0 Å². The Labute approximate surface area is 269 Å². The summed E-state index contributed by atoms with van der Waals surface area (Å²) in [7, 11) is 1.98. The van der Waals surface area contributed by atoms with E-state index in [0.717, 1.165) is 48.0 Å². The molecular formula is C35H42N6O5. The van der Waals surface area contributed by atoms with E-state index in [0.29, 0.717) is 30.1 Å². The number of anilines is 2. The van der Waals surface area contributed by atoms with E-state index in [1.807, 2.05) is 37.4 Å². The molecule has 2 amide bonds. The fraction of sp³-hybridized carbons (Fsp3) is 0.343. The molecule has 2 aromatic heterocycles. The van der Waals surface area contributed by atoms with Crippen molar-refractivity contribution in [1.29, 1.82) is 0 Å². The number of amides is 2. The van der Waals surface area contributed by atoms with Crippen LogP contribution in [0.4, 0.5) is 16.3 Å². The lowest BCUT2D eigenvalue weighted by molar-refractivity contribution is -0.142. The number of aromatic nitrogens is 2. The minimum absolute atomic E-state index is 0.0612. The Kier molecular flexibility index (Phi) is 12.3. The number of aryl methyl sites for hydroxylation is 1. The molecule has 0 unspecified atom stereocenters. The summed E-state index contributed by atoms with van der Waals surface area (Å²) in [5.41, 5.74) is 9.99. The number of hydrogen-bond acceptors (Lipinski definition) is 7. The molecule has 0 fully saturated rings. The van der Waals surface area contributed by atoms with E-state index in [1.54, 1.807) is 49.5 Å². The third-order valence-corrected chi connectivity index (χ3v) is 7.49. The van der Waals surface area contributed by atoms with Gasteiger partial charge >= 0.3 is 12.1 Å². The topological polar surface area (TPSA) is 141 Å². The second-order valence-electron chi connectivity index (χ2n) is 10.8. The minimum atomic E-state index is -0.682. The maximum atomic E-state index is 13.6. The number of rotatable bonds is 15. The van der Waals surface area contributed by atoms with Crippen molar-refractivity contribution in [2.75, 3.05) is 30.0 Å². The average Bonchev–Trinajstić information content (AvgIpc) is 3.38. The first-order valence-electron chi connectivity index (χ1n) is 15.6. The highest BCUT2D eigenvalue weighted by molar-refractivity contribution is 6.07. The number of esters is 1. The molecule has 2 heterocycles. The molecule has 2 aromatic carbocycles. The molecule has 46 heavy (non-hydrogen) atoms. The molecule has 0 atom stereocenters. The third-order valence-electron chi connectivity index (χ3n) is 7.49. The Morgan fingerprint density at radius 3 is 2.46 bits per heavy atom. The number of aliphatic imine (C=N–C) groups is 1. The van der Waals surface area contributed by atoms with Crippen LogP contribution in [-0.4, -0.2) is 53.1 Å². The number of hydrogen-bond donors (Lipinski definition) is 2. The van der Waals surface area contributed by atoms with Crippen molar-refractivity contribution in [3.63, 3.8) is 0 Å². The number of nitrogens with zero attached hydrogens (tertiary/aromatic N) is 4. The Bertz CT molecular complexity index is 1650. The number of unbranched alkanes of at least 4 members (excludes halogenated alkanes) is 3. The predicted molar refractivity (Wildman–Crippen MR) is 180 cm³/mol. The highest BCUT2D eigenvalue weighted by Gasteiger charge is 2.21. The van der Waals surface area contributed by atoms with Crippen molar-refractivity contribution >= 4 is 46.2 Å². The van der Waals surface area contributed by atoms with Gasteiger partial charge in [0.05, 0.1) is 26.2 Å². The summed E-state index contributed by atoms with van der Waals surface area (Å²) in [6.07, 6.45) is 5.05. The normalized spacial score (nSPS) is 11.3. The Balaban J connectivity index is 1.41. The van der Waals surface area contributed by atoms with Gasteiger partial charge in [-0.05, 0) is 74.0 Å². The fourth-order valence-corrected chi connectivity index (χ4v) is 4.97. The number of pyridine rings is 1. The number of fused-ring (bicyclic) bond motifs is 1. The molecule has 4 aromatic rings. The molecular weight excluding hydrogens is 584 g/mol. The van der Waals surface area contributed by atoms with Gasteiger partial charge in [0.2, 0.25) is 0 Å². The van der Waals surface area contributed by atoms with E-state index in [2.05, 4.69) is 26.8 Å². The zero-order chi connectivity index (χ0) is 32.9. The first-order chi connectivity index (χ1) is 22.3. The van der Waals surface area contributed by atoms with E-state index in [-0.39, 0.29) is 37.3 Å². The molecule has 0 aliphatic rings. The summed E-state index contributed by atoms with van der Waals surface area (Å²) < 4.78 is 12.3. The van der Waals surface area contributed by atoms with Crippen LogP contribution in [-0.2, 0) is 27.9 Å². The quantitative estimate of drug-likeness (QED) is 0.0687.